The van der Waals surface area contributed by atoms with Crippen molar-refractivity contribution < 1.29 is 4.79 Å². The molecule has 0 saturated carbocycles. The van der Waals surface area contributed by atoms with Crippen LogP contribution in [-0.2, 0) is 4.79 Å². The molecule has 18 heavy (non-hydrogen) atoms. The fraction of sp³-hybridized carbons (Fsp3) is 0.462. The molecule has 98 valence electrons. The molecule has 1 heterocycles. The number of hydrogen-bond acceptors (Lipinski definition) is 3. The molecule has 1 aromatic carbocycles. The van der Waals surface area contributed by atoms with Crippen molar-refractivity contribution in [1.82, 2.24) is 4.90 Å². The summed E-state index contributed by atoms with van der Waals surface area (Å²) in [7, 11) is 1.97. The molecule has 1 unspecified atom stereocenters. The van der Waals surface area contributed by atoms with Crippen LogP contribution in [-0.4, -0.2) is 43.5 Å². The highest BCUT2D eigenvalue weighted by atomic mass is 35.5. The summed E-state index contributed by atoms with van der Waals surface area (Å²) in [6.45, 7) is 2.06. The van der Waals surface area contributed by atoms with E-state index < -0.39 is 0 Å². The molecule has 5 heteroatoms. The van der Waals surface area contributed by atoms with E-state index in [9.17, 15) is 4.79 Å². The van der Waals surface area contributed by atoms with Gasteiger partial charge in [-0.2, -0.15) is 0 Å². The van der Waals surface area contributed by atoms with Crippen LogP contribution >= 0.6 is 11.6 Å². The minimum Gasteiger partial charge on any atom is -0.330 e. The van der Waals surface area contributed by atoms with Gasteiger partial charge in [-0.25, -0.2) is 0 Å². The molecule has 2 rings (SSSR count). The summed E-state index contributed by atoms with van der Waals surface area (Å²) in [6.07, 6.45) is 0.687. The molecule has 0 aromatic heterocycles. The van der Waals surface area contributed by atoms with Gasteiger partial charge in [0, 0.05) is 23.8 Å². The second kappa shape index (κ2) is 5.69. The number of carbonyl (C=O) groups is 1. The number of rotatable bonds is 3. The van der Waals surface area contributed by atoms with Crippen LogP contribution in [0.2, 0.25) is 5.02 Å². The lowest BCUT2D eigenvalue weighted by Gasteiger charge is -2.38. The summed E-state index contributed by atoms with van der Waals surface area (Å²) in [5.74, 6) is 0.108. The maximum atomic E-state index is 12.4. The van der Waals surface area contributed by atoms with Crippen LogP contribution in [0.4, 0.5) is 5.69 Å². The number of hydrogen-bond donors (Lipinski definition) is 1. The second-order valence-electron chi connectivity index (χ2n) is 4.54. The smallest absolute Gasteiger partial charge is 0.244 e. The van der Waals surface area contributed by atoms with Crippen molar-refractivity contribution in [2.75, 3.05) is 31.6 Å². The van der Waals surface area contributed by atoms with Crippen LogP contribution in [0.1, 0.15) is 6.42 Å². The van der Waals surface area contributed by atoms with E-state index in [1.807, 2.05) is 31.3 Å². The lowest BCUT2D eigenvalue weighted by Crippen LogP contribution is -2.56. The fourth-order valence-corrected chi connectivity index (χ4v) is 2.48. The Hall–Kier alpha value is -1.10. The van der Waals surface area contributed by atoms with Crippen LogP contribution < -0.4 is 10.6 Å². The largest absolute Gasteiger partial charge is 0.330 e. The first kappa shape index (κ1) is 13.3. The first-order chi connectivity index (χ1) is 8.63. The second-order valence-corrected chi connectivity index (χ2v) is 4.98. The van der Waals surface area contributed by atoms with Crippen molar-refractivity contribution in [1.29, 1.82) is 0 Å². The molecule has 0 aliphatic carbocycles. The third kappa shape index (κ3) is 2.66. The van der Waals surface area contributed by atoms with Crippen LogP contribution in [0.3, 0.4) is 0 Å². The Morgan fingerprint density at radius 3 is 2.89 bits per heavy atom. The zero-order chi connectivity index (χ0) is 13.1. The van der Waals surface area contributed by atoms with Crippen molar-refractivity contribution >= 4 is 23.2 Å². The third-order valence-corrected chi connectivity index (χ3v) is 3.55. The molecular weight excluding hydrogens is 250 g/mol. The number of halogens is 1. The number of likely N-dealkylation sites (N-methyl/N-ethyl adjacent to an activating group) is 1. The van der Waals surface area contributed by atoms with E-state index in [0.717, 1.165) is 12.2 Å². The van der Waals surface area contributed by atoms with E-state index >= 15 is 0 Å². The van der Waals surface area contributed by atoms with Gasteiger partial charge in [0.05, 0.1) is 6.04 Å². The van der Waals surface area contributed by atoms with E-state index in [1.165, 1.54) is 0 Å². The maximum Gasteiger partial charge on any atom is 0.244 e. The Kier molecular flexibility index (Phi) is 4.22. The molecule has 0 bridgehead atoms. The van der Waals surface area contributed by atoms with Crippen molar-refractivity contribution in [3.05, 3.63) is 29.3 Å². The molecule has 1 amide bonds. The molecule has 1 aromatic rings. The summed E-state index contributed by atoms with van der Waals surface area (Å²) >= 11 is 5.97. The fourth-order valence-electron chi connectivity index (χ4n) is 2.29. The van der Waals surface area contributed by atoms with Crippen LogP contribution in [0.5, 0.6) is 0 Å². The van der Waals surface area contributed by atoms with Gasteiger partial charge in [-0.3, -0.25) is 9.69 Å². The minimum atomic E-state index is -0.122. The molecule has 1 aliphatic rings. The van der Waals surface area contributed by atoms with Crippen molar-refractivity contribution in [2.24, 2.45) is 5.73 Å². The highest BCUT2D eigenvalue weighted by molar-refractivity contribution is 6.30. The Labute approximate surface area is 112 Å². The highest BCUT2D eigenvalue weighted by Gasteiger charge is 2.32. The van der Waals surface area contributed by atoms with Gasteiger partial charge in [-0.15, -0.1) is 0 Å². The van der Waals surface area contributed by atoms with Gasteiger partial charge in [0.2, 0.25) is 5.91 Å². The number of anilines is 1. The molecule has 0 spiro atoms. The van der Waals surface area contributed by atoms with Crippen molar-refractivity contribution in [2.45, 2.75) is 12.5 Å². The van der Waals surface area contributed by atoms with Gasteiger partial charge in [-0.1, -0.05) is 17.7 Å². The monoisotopic (exact) mass is 267 g/mol. The van der Waals surface area contributed by atoms with Crippen LogP contribution in [0.25, 0.3) is 0 Å². The Morgan fingerprint density at radius 2 is 2.22 bits per heavy atom. The number of nitrogens with zero attached hydrogens (tertiary/aromatic N) is 2. The molecule has 2 N–H and O–H groups in total. The van der Waals surface area contributed by atoms with Gasteiger partial charge in [0.25, 0.3) is 0 Å². The minimum absolute atomic E-state index is 0.108. The number of amides is 1. The summed E-state index contributed by atoms with van der Waals surface area (Å²) in [5, 5.41) is 0.648. The molecule has 1 fully saturated rings. The van der Waals surface area contributed by atoms with E-state index in [-0.39, 0.29) is 11.9 Å². The van der Waals surface area contributed by atoms with Gasteiger partial charge in [0.15, 0.2) is 0 Å². The maximum absolute atomic E-state index is 12.4. The summed E-state index contributed by atoms with van der Waals surface area (Å²) in [4.78, 5) is 16.3. The van der Waals surface area contributed by atoms with E-state index in [1.54, 1.807) is 4.90 Å². The predicted octanol–water partition coefficient (Wildman–Crippen LogP) is 1.34. The topological polar surface area (TPSA) is 49.6 Å². The first-order valence-electron chi connectivity index (χ1n) is 6.10. The van der Waals surface area contributed by atoms with Crippen LogP contribution in [0, 0.1) is 0 Å². The Morgan fingerprint density at radius 1 is 1.44 bits per heavy atom. The summed E-state index contributed by atoms with van der Waals surface area (Å²) in [5.41, 5.74) is 6.44. The van der Waals surface area contributed by atoms with Crippen molar-refractivity contribution in [3.63, 3.8) is 0 Å². The normalized spacial score (nSPS) is 21.4. The SMILES string of the molecule is CN1CCN(c2cccc(Cl)c2)C(=O)C1CCN. The van der Waals surface area contributed by atoms with Gasteiger partial charge in [0.1, 0.15) is 0 Å². The first-order valence-corrected chi connectivity index (χ1v) is 6.48. The van der Waals surface area contributed by atoms with E-state index in [2.05, 4.69) is 4.90 Å². The molecule has 4 nitrogen and oxygen atoms in total. The van der Waals surface area contributed by atoms with Gasteiger partial charge < -0.3 is 10.6 Å². The average molecular weight is 268 g/mol. The predicted molar refractivity (Wildman–Crippen MR) is 73.9 cm³/mol. The lowest BCUT2D eigenvalue weighted by molar-refractivity contribution is -0.125. The molecule has 1 atom stereocenters. The van der Waals surface area contributed by atoms with Crippen LogP contribution in [0.15, 0.2) is 24.3 Å². The Balaban J connectivity index is 2.21. The standard InChI is InChI=1S/C13H18ClN3O/c1-16-7-8-17(13(18)12(16)5-6-15)11-4-2-3-10(14)9-11/h2-4,9,12H,5-8,15H2,1H3. The Bertz CT molecular complexity index is 438. The third-order valence-electron chi connectivity index (χ3n) is 3.32. The van der Waals surface area contributed by atoms with E-state index in [0.29, 0.717) is 24.5 Å². The van der Waals surface area contributed by atoms with Crippen molar-refractivity contribution in [3.8, 4) is 0 Å². The zero-order valence-corrected chi connectivity index (χ0v) is 11.2. The lowest BCUT2D eigenvalue weighted by atomic mass is 10.1. The number of nitrogens with two attached hydrogens (primary N) is 1. The molecule has 1 saturated heterocycles. The zero-order valence-electron chi connectivity index (χ0n) is 10.5. The van der Waals surface area contributed by atoms with Gasteiger partial charge >= 0.3 is 0 Å². The number of benzene rings is 1. The summed E-state index contributed by atoms with van der Waals surface area (Å²) < 4.78 is 0. The number of piperazine rings is 1. The molecule has 0 radical (unpaired) electrons. The molecule has 1 aliphatic heterocycles. The molecular formula is C13H18ClN3O. The van der Waals surface area contributed by atoms with Gasteiger partial charge in [-0.05, 0) is 38.2 Å². The number of carbonyl (C=O) groups excluding carboxylic acids is 1. The quantitative estimate of drug-likeness (QED) is 0.899. The van der Waals surface area contributed by atoms with E-state index in [4.69, 9.17) is 17.3 Å². The summed E-state index contributed by atoms with van der Waals surface area (Å²) in [6, 6.07) is 7.28. The average Bonchev–Trinajstić information content (AvgIpc) is 2.34. The highest BCUT2D eigenvalue weighted by Crippen LogP contribution is 2.23.